The van der Waals surface area contributed by atoms with Crippen molar-refractivity contribution in [2.75, 3.05) is 20.2 Å². The molecule has 3 nitrogen and oxygen atoms in total. The molecule has 0 heterocycles. The van der Waals surface area contributed by atoms with Crippen molar-refractivity contribution in [3.63, 3.8) is 0 Å². The fraction of sp³-hybridized carbons (Fsp3) is 0.412. The van der Waals surface area contributed by atoms with Crippen LogP contribution in [0.2, 0.25) is 0 Å². The third kappa shape index (κ3) is 2.65. The lowest BCUT2D eigenvalue weighted by Crippen LogP contribution is -2.30. The number of hydrogen-bond acceptors (Lipinski definition) is 3. The Morgan fingerprint density at radius 1 is 1.25 bits per heavy atom. The molecule has 0 aromatic heterocycles. The second-order valence-corrected chi connectivity index (χ2v) is 5.54. The molecule has 3 heteroatoms. The highest BCUT2D eigenvalue weighted by molar-refractivity contribution is 5.88. The van der Waals surface area contributed by atoms with Gasteiger partial charge in [0.25, 0.3) is 0 Å². The van der Waals surface area contributed by atoms with Crippen LogP contribution in [-0.2, 0) is 0 Å². The zero-order valence-corrected chi connectivity index (χ0v) is 11.9. The van der Waals surface area contributed by atoms with Crippen LogP contribution >= 0.6 is 0 Å². The molecule has 1 atom stereocenters. The average molecular weight is 270 g/mol. The highest BCUT2D eigenvalue weighted by Crippen LogP contribution is 2.34. The Balaban J connectivity index is 2.00. The molecule has 1 saturated carbocycles. The zero-order valence-electron chi connectivity index (χ0n) is 11.9. The summed E-state index contributed by atoms with van der Waals surface area (Å²) in [5.41, 5.74) is 7.20. The Morgan fingerprint density at radius 2 is 2.05 bits per heavy atom. The van der Waals surface area contributed by atoms with Crippen LogP contribution in [0, 0.1) is 5.92 Å². The van der Waals surface area contributed by atoms with Gasteiger partial charge < -0.3 is 15.8 Å². The summed E-state index contributed by atoms with van der Waals surface area (Å²) in [5.74, 6) is 1.76. The molecule has 1 unspecified atom stereocenters. The molecule has 3 rings (SSSR count). The standard InChI is InChI=1S/C17H22N2O/c1-20-16-9-8-13-4-2-3-5-14(13)17(16)15(10-18)19-11-12-6-7-12/h2-5,8-9,12,15,19H,6-7,10-11,18H2,1H3. The lowest BCUT2D eigenvalue weighted by molar-refractivity contribution is 0.400. The van der Waals surface area contributed by atoms with Gasteiger partial charge in [-0.05, 0) is 42.1 Å². The summed E-state index contributed by atoms with van der Waals surface area (Å²) in [6.07, 6.45) is 2.69. The molecule has 1 fully saturated rings. The Labute approximate surface area is 120 Å². The molecular formula is C17H22N2O. The number of methoxy groups -OCH3 is 1. The minimum absolute atomic E-state index is 0.150. The number of fused-ring (bicyclic) bond motifs is 1. The third-order valence-electron chi connectivity index (χ3n) is 4.08. The summed E-state index contributed by atoms with van der Waals surface area (Å²) in [4.78, 5) is 0. The van der Waals surface area contributed by atoms with Crippen molar-refractivity contribution >= 4 is 10.8 Å². The summed E-state index contributed by atoms with van der Waals surface area (Å²) in [7, 11) is 1.72. The van der Waals surface area contributed by atoms with E-state index in [0.29, 0.717) is 6.54 Å². The topological polar surface area (TPSA) is 47.3 Å². The largest absolute Gasteiger partial charge is 0.496 e. The molecule has 0 amide bonds. The fourth-order valence-corrected chi connectivity index (χ4v) is 2.75. The van der Waals surface area contributed by atoms with Crippen LogP contribution in [0.25, 0.3) is 10.8 Å². The lowest BCUT2D eigenvalue weighted by atomic mass is 9.97. The first-order chi connectivity index (χ1) is 9.83. The van der Waals surface area contributed by atoms with Crippen LogP contribution in [0.4, 0.5) is 0 Å². The van der Waals surface area contributed by atoms with Crippen LogP contribution in [0.3, 0.4) is 0 Å². The molecule has 0 spiro atoms. The Kier molecular flexibility index (Phi) is 3.90. The summed E-state index contributed by atoms with van der Waals surface area (Å²) in [6.45, 7) is 1.63. The van der Waals surface area contributed by atoms with Crippen LogP contribution < -0.4 is 15.8 Å². The molecule has 0 bridgehead atoms. The van der Waals surface area contributed by atoms with Gasteiger partial charge in [-0.3, -0.25) is 0 Å². The molecule has 0 radical (unpaired) electrons. The maximum absolute atomic E-state index is 6.01. The van der Waals surface area contributed by atoms with Gasteiger partial charge in [0, 0.05) is 18.2 Å². The smallest absolute Gasteiger partial charge is 0.124 e. The van der Waals surface area contributed by atoms with E-state index in [4.69, 9.17) is 10.5 Å². The van der Waals surface area contributed by atoms with E-state index in [0.717, 1.165) is 18.2 Å². The first kappa shape index (κ1) is 13.4. The number of nitrogens with two attached hydrogens (primary N) is 1. The van der Waals surface area contributed by atoms with E-state index in [1.807, 2.05) is 6.07 Å². The quantitative estimate of drug-likeness (QED) is 0.848. The molecule has 2 aromatic carbocycles. The summed E-state index contributed by atoms with van der Waals surface area (Å²) < 4.78 is 5.56. The first-order valence-corrected chi connectivity index (χ1v) is 7.32. The molecule has 106 valence electrons. The van der Waals surface area contributed by atoms with Gasteiger partial charge in [0.2, 0.25) is 0 Å². The number of ether oxygens (including phenoxy) is 1. The number of nitrogens with one attached hydrogen (secondary N) is 1. The predicted molar refractivity (Wildman–Crippen MR) is 83.0 cm³/mol. The average Bonchev–Trinajstić information content (AvgIpc) is 3.32. The lowest BCUT2D eigenvalue weighted by Gasteiger charge is -2.22. The predicted octanol–water partition coefficient (Wildman–Crippen LogP) is 2.85. The maximum Gasteiger partial charge on any atom is 0.124 e. The van der Waals surface area contributed by atoms with Crippen LogP contribution in [0.5, 0.6) is 5.75 Å². The molecule has 2 aromatic rings. The van der Waals surface area contributed by atoms with Crippen molar-refractivity contribution < 1.29 is 4.74 Å². The van der Waals surface area contributed by atoms with Gasteiger partial charge >= 0.3 is 0 Å². The Hall–Kier alpha value is -1.58. The van der Waals surface area contributed by atoms with Crippen molar-refractivity contribution in [3.05, 3.63) is 42.0 Å². The number of rotatable bonds is 6. The molecule has 3 N–H and O–H groups in total. The first-order valence-electron chi connectivity index (χ1n) is 7.32. The minimum Gasteiger partial charge on any atom is -0.496 e. The van der Waals surface area contributed by atoms with Gasteiger partial charge in [-0.15, -0.1) is 0 Å². The van der Waals surface area contributed by atoms with Gasteiger partial charge in [0.1, 0.15) is 5.75 Å². The number of hydrogen-bond donors (Lipinski definition) is 2. The van der Waals surface area contributed by atoms with Crippen molar-refractivity contribution in [1.82, 2.24) is 5.32 Å². The second kappa shape index (κ2) is 5.81. The molecule has 20 heavy (non-hydrogen) atoms. The van der Waals surface area contributed by atoms with Crippen molar-refractivity contribution in [3.8, 4) is 5.75 Å². The number of benzene rings is 2. The molecule has 0 saturated heterocycles. The summed E-state index contributed by atoms with van der Waals surface area (Å²) in [5, 5.41) is 6.07. The minimum atomic E-state index is 0.150. The Bertz CT molecular complexity index is 593. The van der Waals surface area contributed by atoms with E-state index in [9.17, 15) is 0 Å². The van der Waals surface area contributed by atoms with Crippen molar-refractivity contribution in [2.45, 2.75) is 18.9 Å². The summed E-state index contributed by atoms with van der Waals surface area (Å²) >= 11 is 0. The monoisotopic (exact) mass is 270 g/mol. The second-order valence-electron chi connectivity index (χ2n) is 5.54. The van der Waals surface area contributed by atoms with E-state index >= 15 is 0 Å². The zero-order chi connectivity index (χ0) is 13.9. The molecule has 1 aliphatic rings. The molecule has 0 aliphatic heterocycles. The molecule has 1 aliphatic carbocycles. The van der Waals surface area contributed by atoms with Crippen molar-refractivity contribution in [2.24, 2.45) is 11.7 Å². The third-order valence-corrected chi connectivity index (χ3v) is 4.08. The normalized spacial score (nSPS) is 16.3. The van der Waals surface area contributed by atoms with Crippen LogP contribution in [0.15, 0.2) is 36.4 Å². The highest BCUT2D eigenvalue weighted by atomic mass is 16.5. The van der Waals surface area contributed by atoms with Gasteiger partial charge in [-0.2, -0.15) is 0 Å². The van der Waals surface area contributed by atoms with Gasteiger partial charge in [0.05, 0.1) is 7.11 Å². The highest BCUT2D eigenvalue weighted by Gasteiger charge is 2.24. The maximum atomic E-state index is 6.01. The van der Waals surface area contributed by atoms with Crippen LogP contribution in [0.1, 0.15) is 24.4 Å². The van der Waals surface area contributed by atoms with Gasteiger partial charge in [0.15, 0.2) is 0 Å². The van der Waals surface area contributed by atoms with Crippen LogP contribution in [-0.4, -0.2) is 20.2 Å². The van der Waals surface area contributed by atoms with Crippen molar-refractivity contribution in [1.29, 1.82) is 0 Å². The molecular weight excluding hydrogens is 248 g/mol. The van der Waals surface area contributed by atoms with E-state index in [-0.39, 0.29) is 6.04 Å². The van der Waals surface area contributed by atoms with Gasteiger partial charge in [-0.1, -0.05) is 30.3 Å². The summed E-state index contributed by atoms with van der Waals surface area (Å²) in [6, 6.07) is 12.7. The SMILES string of the molecule is COc1ccc2ccccc2c1C(CN)NCC1CC1. The van der Waals surface area contributed by atoms with E-state index in [1.165, 1.54) is 29.2 Å². The Morgan fingerprint density at radius 3 is 2.75 bits per heavy atom. The fourth-order valence-electron chi connectivity index (χ4n) is 2.75. The van der Waals surface area contributed by atoms with E-state index in [2.05, 4.69) is 35.6 Å². The van der Waals surface area contributed by atoms with Gasteiger partial charge in [-0.25, -0.2) is 0 Å². The van der Waals surface area contributed by atoms with E-state index in [1.54, 1.807) is 7.11 Å². The van der Waals surface area contributed by atoms with E-state index < -0.39 is 0 Å².